The maximum absolute atomic E-state index is 11.4. The molecule has 0 aliphatic rings. The summed E-state index contributed by atoms with van der Waals surface area (Å²) >= 11 is 1.34. The molecular weight excluding hydrogens is 198 g/mol. The van der Waals surface area contributed by atoms with Crippen LogP contribution in [0.25, 0.3) is 0 Å². The van der Waals surface area contributed by atoms with Gasteiger partial charge < -0.3 is 4.74 Å². The summed E-state index contributed by atoms with van der Waals surface area (Å²) in [7, 11) is 0. The minimum atomic E-state index is -0.323. The Morgan fingerprint density at radius 3 is 3.00 bits per heavy atom. The molecule has 0 atom stereocenters. The third kappa shape index (κ3) is 2.12. The molecule has 0 saturated carbocycles. The maximum atomic E-state index is 11.4. The lowest BCUT2D eigenvalue weighted by Crippen LogP contribution is -2.05. The first-order valence-corrected chi connectivity index (χ1v) is 5.19. The van der Waals surface area contributed by atoms with Gasteiger partial charge in [-0.05, 0) is 30.4 Å². The standard InChI is InChI=1S/C10H11NO2S/c1-3-13-10(12)9-8(4-5-11)7(2)6-14-9/h6H,3-4H2,1-2H3. The normalized spacial score (nSPS) is 9.50. The largest absolute Gasteiger partial charge is 0.462 e. The van der Waals surface area contributed by atoms with E-state index >= 15 is 0 Å². The predicted molar refractivity (Wildman–Crippen MR) is 54.3 cm³/mol. The Balaban J connectivity index is 2.97. The van der Waals surface area contributed by atoms with Crippen molar-refractivity contribution in [1.82, 2.24) is 0 Å². The second-order valence-corrected chi connectivity index (χ2v) is 3.66. The zero-order chi connectivity index (χ0) is 10.6. The molecule has 1 rings (SSSR count). The van der Waals surface area contributed by atoms with E-state index in [-0.39, 0.29) is 12.4 Å². The fraction of sp³-hybridized carbons (Fsp3) is 0.400. The van der Waals surface area contributed by atoms with Crippen LogP contribution in [0.2, 0.25) is 0 Å². The van der Waals surface area contributed by atoms with Crippen molar-refractivity contribution in [3.8, 4) is 6.07 Å². The Kier molecular flexibility index (Phi) is 3.66. The van der Waals surface area contributed by atoms with Gasteiger partial charge in [0.05, 0.1) is 19.1 Å². The molecule has 0 radical (unpaired) electrons. The first kappa shape index (κ1) is 10.7. The quantitative estimate of drug-likeness (QED) is 0.718. The Labute approximate surface area is 86.9 Å². The number of ether oxygens (including phenoxy) is 1. The first-order valence-electron chi connectivity index (χ1n) is 4.31. The van der Waals surface area contributed by atoms with Crippen LogP contribution in [0.3, 0.4) is 0 Å². The highest BCUT2D eigenvalue weighted by atomic mass is 32.1. The van der Waals surface area contributed by atoms with Crippen molar-refractivity contribution < 1.29 is 9.53 Å². The molecule has 0 aliphatic carbocycles. The number of hydrogen-bond acceptors (Lipinski definition) is 4. The molecule has 1 aromatic rings. The fourth-order valence-electron chi connectivity index (χ4n) is 1.14. The van der Waals surface area contributed by atoms with Gasteiger partial charge in [-0.3, -0.25) is 0 Å². The van der Waals surface area contributed by atoms with Crippen molar-refractivity contribution in [3.05, 3.63) is 21.4 Å². The minimum Gasteiger partial charge on any atom is -0.462 e. The minimum absolute atomic E-state index is 0.267. The summed E-state index contributed by atoms with van der Waals surface area (Å²) in [5.74, 6) is -0.323. The van der Waals surface area contributed by atoms with Crippen LogP contribution >= 0.6 is 11.3 Å². The van der Waals surface area contributed by atoms with E-state index in [1.54, 1.807) is 6.92 Å². The molecule has 0 unspecified atom stereocenters. The average molecular weight is 209 g/mol. The maximum Gasteiger partial charge on any atom is 0.348 e. The highest BCUT2D eigenvalue weighted by Crippen LogP contribution is 2.23. The molecule has 3 nitrogen and oxygen atoms in total. The second-order valence-electron chi connectivity index (χ2n) is 2.78. The van der Waals surface area contributed by atoms with E-state index in [9.17, 15) is 4.79 Å². The Morgan fingerprint density at radius 2 is 2.43 bits per heavy atom. The summed E-state index contributed by atoms with van der Waals surface area (Å²) in [5.41, 5.74) is 1.79. The molecule has 0 amide bonds. The van der Waals surface area contributed by atoms with Gasteiger partial charge in [-0.15, -0.1) is 11.3 Å². The van der Waals surface area contributed by atoms with E-state index in [4.69, 9.17) is 10.00 Å². The molecule has 0 bridgehead atoms. The lowest BCUT2D eigenvalue weighted by Gasteiger charge is -2.01. The SMILES string of the molecule is CCOC(=O)c1scc(C)c1CC#N. The van der Waals surface area contributed by atoms with E-state index in [2.05, 4.69) is 0 Å². The molecule has 0 saturated heterocycles. The van der Waals surface area contributed by atoms with Crippen LogP contribution in [0.1, 0.15) is 27.7 Å². The molecule has 4 heteroatoms. The third-order valence-electron chi connectivity index (χ3n) is 1.82. The number of carbonyl (C=O) groups excluding carboxylic acids is 1. The molecule has 14 heavy (non-hydrogen) atoms. The van der Waals surface area contributed by atoms with Crippen LogP contribution in [0.15, 0.2) is 5.38 Å². The molecular formula is C10H11NO2S. The van der Waals surface area contributed by atoms with Gasteiger partial charge >= 0.3 is 5.97 Å². The molecule has 0 aromatic carbocycles. The van der Waals surface area contributed by atoms with Gasteiger partial charge in [-0.1, -0.05) is 0 Å². The summed E-state index contributed by atoms with van der Waals surface area (Å²) < 4.78 is 4.89. The van der Waals surface area contributed by atoms with E-state index in [1.807, 2.05) is 18.4 Å². The van der Waals surface area contributed by atoms with Gasteiger partial charge in [-0.25, -0.2) is 4.79 Å². The summed E-state index contributed by atoms with van der Waals surface area (Å²) in [6.07, 6.45) is 0.267. The topological polar surface area (TPSA) is 50.1 Å². The highest BCUT2D eigenvalue weighted by molar-refractivity contribution is 7.12. The van der Waals surface area contributed by atoms with E-state index in [0.29, 0.717) is 11.5 Å². The predicted octanol–water partition coefficient (Wildman–Crippen LogP) is 2.30. The number of hydrogen-bond donors (Lipinski definition) is 0. The van der Waals surface area contributed by atoms with Crippen molar-refractivity contribution in [1.29, 1.82) is 5.26 Å². The van der Waals surface area contributed by atoms with Gasteiger partial charge in [0.1, 0.15) is 4.88 Å². The third-order valence-corrected chi connectivity index (χ3v) is 2.94. The highest BCUT2D eigenvalue weighted by Gasteiger charge is 2.16. The van der Waals surface area contributed by atoms with Gasteiger partial charge in [0.2, 0.25) is 0 Å². The van der Waals surface area contributed by atoms with Crippen LogP contribution in [0.5, 0.6) is 0 Å². The van der Waals surface area contributed by atoms with Crippen molar-refractivity contribution in [2.75, 3.05) is 6.61 Å². The van der Waals surface area contributed by atoms with E-state index in [0.717, 1.165) is 11.1 Å². The number of esters is 1. The van der Waals surface area contributed by atoms with E-state index < -0.39 is 0 Å². The lowest BCUT2D eigenvalue weighted by atomic mass is 10.1. The number of thiophene rings is 1. The monoisotopic (exact) mass is 209 g/mol. The molecule has 0 N–H and O–H groups in total. The zero-order valence-electron chi connectivity index (χ0n) is 8.16. The lowest BCUT2D eigenvalue weighted by molar-refractivity contribution is 0.0531. The second kappa shape index (κ2) is 4.77. The smallest absolute Gasteiger partial charge is 0.348 e. The van der Waals surface area contributed by atoms with Crippen LogP contribution in [0, 0.1) is 18.3 Å². The number of nitriles is 1. The van der Waals surface area contributed by atoms with Crippen molar-refractivity contribution >= 4 is 17.3 Å². The number of carbonyl (C=O) groups is 1. The van der Waals surface area contributed by atoms with Crippen LogP contribution in [-0.2, 0) is 11.2 Å². The van der Waals surface area contributed by atoms with Gasteiger partial charge in [0, 0.05) is 0 Å². The summed E-state index contributed by atoms with van der Waals surface area (Å²) in [4.78, 5) is 12.0. The number of nitrogens with zero attached hydrogens (tertiary/aromatic N) is 1. The molecule has 74 valence electrons. The average Bonchev–Trinajstić information content (AvgIpc) is 2.50. The van der Waals surface area contributed by atoms with E-state index in [1.165, 1.54) is 11.3 Å². The van der Waals surface area contributed by atoms with Crippen LogP contribution in [-0.4, -0.2) is 12.6 Å². The van der Waals surface area contributed by atoms with Crippen molar-refractivity contribution in [2.45, 2.75) is 20.3 Å². The molecule has 0 spiro atoms. The summed E-state index contributed by atoms with van der Waals surface area (Å²) in [5, 5.41) is 10.5. The Bertz CT molecular complexity index is 376. The Morgan fingerprint density at radius 1 is 1.71 bits per heavy atom. The van der Waals surface area contributed by atoms with Gasteiger partial charge in [-0.2, -0.15) is 5.26 Å². The number of aryl methyl sites for hydroxylation is 1. The fourth-order valence-corrected chi connectivity index (χ4v) is 2.10. The summed E-state index contributed by atoms with van der Waals surface area (Å²) in [6, 6.07) is 2.05. The summed E-state index contributed by atoms with van der Waals surface area (Å²) in [6.45, 7) is 4.02. The molecule has 1 aromatic heterocycles. The van der Waals surface area contributed by atoms with Gasteiger partial charge in [0.25, 0.3) is 0 Å². The Hall–Kier alpha value is -1.34. The molecule has 0 aliphatic heterocycles. The van der Waals surface area contributed by atoms with Crippen LogP contribution < -0.4 is 0 Å². The van der Waals surface area contributed by atoms with Crippen molar-refractivity contribution in [2.24, 2.45) is 0 Å². The molecule has 0 fully saturated rings. The van der Waals surface area contributed by atoms with Crippen LogP contribution in [0.4, 0.5) is 0 Å². The molecule has 1 heterocycles. The zero-order valence-corrected chi connectivity index (χ0v) is 8.98. The number of rotatable bonds is 3. The van der Waals surface area contributed by atoms with Gasteiger partial charge in [0.15, 0.2) is 0 Å². The first-order chi connectivity index (χ1) is 6.70. The van der Waals surface area contributed by atoms with Crippen molar-refractivity contribution in [3.63, 3.8) is 0 Å².